The molecule has 0 aromatic carbocycles. The van der Waals surface area contributed by atoms with Gasteiger partial charge in [0.15, 0.2) is 0 Å². The number of hydrogen-bond donors (Lipinski definition) is 2. The lowest BCUT2D eigenvalue weighted by Crippen LogP contribution is -2.54. The van der Waals surface area contributed by atoms with Crippen molar-refractivity contribution in [1.29, 1.82) is 0 Å². The Morgan fingerprint density at radius 1 is 1.42 bits per heavy atom. The highest BCUT2D eigenvalue weighted by molar-refractivity contribution is 5.82. The Balaban J connectivity index is 2.60. The van der Waals surface area contributed by atoms with Crippen LogP contribution in [0.25, 0.3) is 0 Å². The Morgan fingerprint density at radius 2 is 2.05 bits per heavy atom. The largest absolute Gasteiger partial charge is 0.480 e. The summed E-state index contributed by atoms with van der Waals surface area (Å²) in [4.78, 5) is 24.8. The van der Waals surface area contributed by atoms with E-state index >= 15 is 0 Å². The highest BCUT2D eigenvalue weighted by Gasteiger charge is 2.31. The molecule has 6 heteroatoms. The van der Waals surface area contributed by atoms with Gasteiger partial charge in [0.2, 0.25) is 0 Å². The number of urea groups is 1. The molecule has 1 aliphatic rings. The van der Waals surface area contributed by atoms with Crippen molar-refractivity contribution < 1.29 is 19.4 Å². The van der Waals surface area contributed by atoms with Crippen LogP contribution >= 0.6 is 0 Å². The van der Waals surface area contributed by atoms with Gasteiger partial charge in [0.1, 0.15) is 6.04 Å². The lowest BCUT2D eigenvalue weighted by atomic mass is 9.96. The Labute approximate surface area is 114 Å². The summed E-state index contributed by atoms with van der Waals surface area (Å²) in [7, 11) is 1.64. The molecule has 2 N–H and O–H groups in total. The van der Waals surface area contributed by atoms with Crippen molar-refractivity contribution >= 4 is 12.0 Å². The van der Waals surface area contributed by atoms with Crippen molar-refractivity contribution in [2.75, 3.05) is 20.2 Å². The molecule has 1 heterocycles. The summed E-state index contributed by atoms with van der Waals surface area (Å²) in [5.41, 5.74) is 0. The molecule has 1 saturated heterocycles. The number of carboxylic acid groups (broad SMARTS) is 1. The molecule has 1 fully saturated rings. The average Bonchev–Trinajstić information content (AvgIpc) is 2.35. The van der Waals surface area contributed by atoms with Crippen LogP contribution in [0.15, 0.2) is 0 Å². The van der Waals surface area contributed by atoms with Gasteiger partial charge in [0.25, 0.3) is 0 Å². The number of likely N-dealkylation sites (tertiary alicyclic amines) is 1. The molecular formula is C13H24N2O4. The second-order valence-electron chi connectivity index (χ2n) is 5.50. The van der Waals surface area contributed by atoms with Gasteiger partial charge in [0, 0.05) is 20.2 Å². The zero-order valence-corrected chi connectivity index (χ0v) is 12.0. The number of hydrogen-bond acceptors (Lipinski definition) is 3. The third kappa shape index (κ3) is 4.09. The molecule has 2 amide bonds. The summed E-state index contributed by atoms with van der Waals surface area (Å²) < 4.78 is 5.35. The van der Waals surface area contributed by atoms with E-state index in [-0.39, 0.29) is 18.1 Å². The Bertz CT molecular complexity index is 333. The standard InChI is InChI=1S/C13H24N2O4/c1-8(2)11(12(16)17)14-13(18)15-6-5-9(3)10(7-15)19-4/h8-11H,5-7H2,1-4H3,(H,14,18)(H,16,17). The van der Waals surface area contributed by atoms with E-state index in [4.69, 9.17) is 9.84 Å². The molecular weight excluding hydrogens is 248 g/mol. The number of aliphatic carboxylic acids is 1. The fourth-order valence-electron chi connectivity index (χ4n) is 2.26. The van der Waals surface area contributed by atoms with Crippen molar-refractivity contribution in [1.82, 2.24) is 10.2 Å². The number of carbonyl (C=O) groups excluding carboxylic acids is 1. The maximum atomic E-state index is 12.1. The van der Waals surface area contributed by atoms with E-state index in [1.807, 2.05) is 0 Å². The fourth-order valence-corrected chi connectivity index (χ4v) is 2.26. The Kier molecular flexibility index (Phi) is 5.60. The molecule has 19 heavy (non-hydrogen) atoms. The fraction of sp³-hybridized carbons (Fsp3) is 0.846. The Morgan fingerprint density at radius 3 is 2.53 bits per heavy atom. The summed E-state index contributed by atoms with van der Waals surface area (Å²) in [6.45, 7) is 6.79. The smallest absolute Gasteiger partial charge is 0.326 e. The minimum Gasteiger partial charge on any atom is -0.480 e. The van der Waals surface area contributed by atoms with Crippen LogP contribution in [-0.4, -0.2) is 54.4 Å². The van der Waals surface area contributed by atoms with Crippen LogP contribution in [0.1, 0.15) is 27.2 Å². The second-order valence-corrected chi connectivity index (χ2v) is 5.50. The minimum absolute atomic E-state index is 0.0156. The highest BCUT2D eigenvalue weighted by atomic mass is 16.5. The number of amides is 2. The van der Waals surface area contributed by atoms with Gasteiger partial charge in [-0.1, -0.05) is 20.8 Å². The van der Waals surface area contributed by atoms with Crippen molar-refractivity contribution in [3.05, 3.63) is 0 Å². The average molecular weight is 272 g/mol. The van der Waals surface area contributed by atoms with Gasteiger partial charge >= 0.3 is 12.0 Å². The van der Waals surface area contributed by atoms with Crippen LogP contribution in [0, 0.1) is 11.8 Å². The van der Waals surface area contributed by atoms with E-state index in [0.29, 0.717) is 19.0 Å². The van der Waals surface area contributed by atoms with Gasteiger partial charge in [0.05, 0.1) is 6.10 Å². The molecule has 3 atom stereocenters. The molecule has 110 valence electrons. The first kappa shape index (κ1) is 15.8. The molecule has 0 aliphatic carbocycles. The zero-order valence-electron chi connectivity index (χ0n) is 12.0. The van der Waals surface area contributed by atoms with Crippen LogP contribution < -0.4 is 5.32 Å². The van der Waals surface area contributed by atoms with E-state index < -0.39 is 12.0 Å². The van der Waals surface area contributed by atoms with E-state index in [9.17, 15) is 9.59 Å². The van der Waals surface area contributed by atoms with E-state index in [1.165, 1.54) is 0 Å². The first-order chi connectivity index (χ1) is 8.86. The first-order valence-corrected chi connectivity index (χ1v) is 6.67. The predicted octanol–water partition coefficient (Wildman–Crippen LogP) is 1.16. The van der Waals surface area contributed by atoms with Crippen LogP contribution in [0.3, 0.4) is 0 Å². The van der Waals surface area contributed by atoms with E-state index in [2.05, 4.69) is 12.2 Å². The number of methoxy groups -OCH3 is 1. The van der Waals surface area contributed by atoms with Crippen LogP contribution in [0.5, 0.6) is 0 Å². The molecule has 0 aromatic rings. The highest BCUT2D eigenvalue weighted by Crippen LogP contribution is 2.19. The maximum Gasteiger partial charge on any atom is 0.326 e. The molecule has 0 bridgehead atoms. The SMILES string of the molecule is COC1CN(C(=O)NC(C(=O)O)C(C)C)CCC1C. The number of nitrogens with one attached hydrogen (secondary N) is 1. The number of piperidine rings is 1. The van der Waals surface area contributed by atoms with Gasteiger partial charge in [-0.25, -0.2) is 9.59 Å². The van der Waals surface area contributed by atoms with Crippen LogP contribution in [0.2, 0.25) is 0 Å². The second kappa shape index (κ2) is 6.75. The summed E-state index contributed by atoms with van der Waals surface area (Å²) >= 11 is 0. The molecule has 0 spiro atoms. The minimum atomic E-state index is -1.00. The quantitative estimate of drug-likeness (QED) is 0.805. The normalized spacial score (nSPS) is 25.2. The van der Waals surface area contributed by atoms with E-state index in [0.717, 1.165) is 6.42 Å². The summed E-state index contributed by atoms with van der Waals surface area (Å²) in [5, 5.41) is 11.7. The molecule has 0 aromatic heterocycles. The molecule has 0 radical (unpaired) electrons. The van der Waals surface area contributed by atoms with Gasteiger partial charge in [-0.2, -0.15) is 0 Å². The maximum absolute atomic E-state index is 12.1. The number of carbonyl (C=O) groups is 2. The zero-order chi connectivity index (χ0) is 14.6. The summed E-state index contributed by atoms with van der Waals surface area (Å²) in [6, 6.07) is -1.18. The third-order valence-electron chi connectivity index (χ3n) is 3.69. The van der Waals surface area contributed by atoms with Gasteiger partial charge < -0.3 is 20.1 Å². The van der Waals surface area contributed by atoms with E-state index in [1.54, 1.807) is 25.9 Å². The number of rotatable bonds is 4. The van der Waals surface area contributed by atoms with Crippen LogP contribution in [0.4, 0.5) is 4.79 Å². The molecule has 6 nitrogen and oxygen atoms in total. The van der Waals surface area contributed by atoms with Gasteiger partial charge in [-0.15, -0.1) is 0 Å². The summed E-state index contributed by atoms with van der Waals surface area (Å²) in [5.74, 6) is -0.741. The lowest BCUT2D eigenvalue weighted by molar-refractivity contribution is -0.140. The predicted molar refractivity (Wildman–Crippen MR) is 70.9 cm³/mol. The molecule has 3 unspecified atom stereocenters. The van der Waals surface area contributed by atoms with Gasteiger partial charge in [-0.05, 0) is 18.3 Å². The van der Waals surface area contributed by atoms with Crippen molar-refractivity contribution in [2.24, 2.45) is 11.8 Å². The Hall–Kier alpha value is -1.30. The number of ether oxygens (including phenoxy) is 1. The summed E-state index contributed by atoms with van der Waals surface area (Å²) in [6.07, 6.45) is 0.882. The monoisotopic (exact) mass is 272 g/mol. The number of nitrogens with zero attached hydrogens (tertiary/aromatic N) is 1. The molecule has 1 rings (SSSR count). The third-order valence-corrected chi connectivity index (χ3v) is 3.69. The lowest BCUT2D eigenvalue weighted by Gasteiger charge is -2.36. The molecule has 0 saturated carbocycles. The number of carboxylic acids is 1. The van der Waals surface area contributed by atoms with Gasteiger partial charge in [-0.3, -0.25) is 0 Å². The van der Waals surface area contributed by atoms with Crippen molar-refractivity contribution in [3.63, 3.8) is 0 Å². The molecule has 1 aliphatic heterocycles. The van der Waals surface area contributed by atoms with Crippen molar-refractivity contribution in [3.8, 4) is 0 Å². The first-order valence-electron chi connectivity index (χ1n) is 6.67. The van der Waals surface area contributed by atoms with Crippen molar-refractivity contribution in [2.45, 2.75) is 39.3 Å². The topological polar surface area (TPSA) is 78.9 Å². The van der Waals surface area contributed by atoms with Crippen LogP contribution in [-0.2, 0) is 9.53 Å².